The topological polar surface area (TPSA) is 66.8 Å². The summed E-state index contributed by atoms with van der Waals surface area (Å²) in [5.74, 6) is -0.942. The van der Waals surface area contributed by atoms with Crippen LogP contribution in [0.2, 0.25) is 0 Å². The van der Waals surface area contributed by atoms with Crippen molar-refractivity contribution in [3.8, 4) is 0 Å². The third kappa shape index (κ3) is 6.28. The lowest BCUT2D eigenvalue weighted by Gasteiger charge is -2.36. The molecule has 0 aromatic heterocycles. The number of carbonyl (C=O) groups is 2. The van der Waals surface area contributed by atoms with Crippen LogP contribution in [-0.4, -0.2) is 53.6 Å². The summed E-state index contributed by atoms with van der Waals surface area (Å²) >= 11 is 0. The van der Waals surface area contributed by atoms with E-state index in [-0.39, 0.29) is 30.3 Å². The fraction of sp³-hybridized carbons (Fsp3) is 0.765. The van der Waals surface area contributed by atoms with Crippen LogP contribution < -0.4 is 0 Å². The minimum Gasteiger partial charge on any atom is -0.462 e. The molecule has 0 heterocycles. The van der Waals surface area contributed by atoms with Crippen molar-refractivity contribution in [2.24, 2.45) is 11.8 Å². The smallest absolute Gasteiger partial charge is 0.330 e. The van der Waals surface area contributed by atoms with E-state index in [0.717, 1.165) is 0 Å². The van der Waals surface area contributed by atoms with Crippen LogP contribution in [0.4, 0.5) is 0 Å². The van der Waals surface area contributed by atoms with Crippen LogP contribution in [0.25, 0.3) is 0 Å². The molecular weight excluding hydrogens is 282 g/mol. The lowest BCUT2D eigenvalue weighted by molar-refractivity contribution is -0.142. The highest BCUT2D eigenvalue weighted by molar-refractivity contribution is 5.86. The number of ketones is 1. The molecule has 0 radical (unpaired) electrons. The predicted octanol–water partition coefficient (Wildman–Crippen LogP) is 2.04. The van der Waals surface area contributed by atoms with E-state index in [1.807, 2.05) is 39.6 Å². The van der Waals surface area contributed by atoms with Crippen molar-refractivity contribution in [2.45, 2.75) is 59.7 Å². The first-order chi connectivity index (χ1) is 10.1. The van der Waals surface area contributed by atoms with Gasteiger partial charge in [-0.2, -0.15) is 0 Å². The van der Waals surface area contributed by atoms with Gasteiger partial charge in [-0.3, -0.25) is 9.69 Å². The molecule has 0 amide bonds. The van der Waals surface area contributed by atoms with Crippen molar-refractivity contribution in [1.82, 2.24) is 4.90 Å². The molecule has 0 rings (SSSR count). The van der Waals surface area contributed by atoms with Gasteiger partial charge in [-0.25, -0.2) is 4.79 Å². The number of nitrogens with zero attached hydrogens (tertiary/aromatic N) is 1. The van der Waals surface area contributed by atoms with E-state index < -0.39 is 18.1 Å². The van der Waals surface area contributed by atoms with Gasteiger partial charge >= 0.3 is 5.97 Å². The Balaban J connectivity index is 4.98. The number of aliphatic hydroxyl groups excluding tert-OH is 1. The molecule has 0 aromatic carbocycles. The molecule has 0 saturated carbocycles. The van der Waals surface area contributed by atoms with Crippen molar-refractivity contribution in [1.29, 1.82) is 0 Å². The molecular formula is C17H31NO4. The molecule has 22 heavy (non-hydrogen) atoms. The standard InChI is InChI=1S/C17H31NO4/c1-8-9-14(19)22-10-13(6)17(21)15(16(20)11(2)3)18(7)12(4)5/h8-9,11-13,15,17,21H,10H2,1-7H3/b9-8+/t13-,15-,17-/m1/s1. The van der Waals surface area contributed by atoms with Gasteiger partial charge in [0, 0.05) is 24.0 Å². The average molecular weight is 313 g/mol. The van der Waals surface area contributed by atoms with Crippen LogP contribution in [0, 0.1) is 11.8 Å². The Hall–Kier alpha value is -1.20. The van der Waals surface area contributed by atoms with E-state index >= 15 is 0 Å². The van der Waals surface area contributed by atoms with Gasteiger partial charge in [0.25, 0.3) is 0 Å². The number of hydrogen-bond donors (Lipinski definition) is 1. The molecule has 5 nitrogen and oxygen atoms in total. The molecule has 0 aliphatic carbocycles. The normalized spacial score (nSPS) is 16.3. The minimum atomic E-state index is -0.888. The van der Waals surface area contributed by atoms with E-state index in [9.17, 15) is 14.7 Å². The lowest BCUT2D eigenvalue weighted by atomic mass is 9.89. The third-order valence-corrected chi connectivity index (χ3v) is 3.81. The minimum absolute atomic E-state index is 0.00432. The first-order valence-corrected chi connectivity index (χ1v) is 7.86. The van der Waals surface area contributed by atoms with E-state index in [2.05, 4.69) is 0 Å². The Bertz CT molecular complexity index is 390. The Morgan fingerprint density at radius 2 is 1.73 bits per heavy atom. The van der Waals surface area contributed by atoms with Crippen LogP contribution in [0.15, 0.2) is 12.2 Å². The maximum atomic E-state index is 12.5. The zero-order valence-electron chi connectivity index (χ0n) is 14.9. The summed E-state index contributed by atoms with van der Waals surface area (Å²) in [6, 6.07) is -0.476. The second-order valence-electron chi connectivity index (χ2n) is 6.36. The molecule has 0 saturated heterocycles. The number of esters is 1. The number of ether oxygens (including phenoxy) is 1. The molecule has 0 aliphatic rings. The number of rotatable bonds is 9. The van der Waals surface area contributed by atoms with Gasteiger partial charge in [0.1, 0.15) is 0 Å². The second kappa shape index (κ2) is 9.74. The van der Waals surface area contributed by atoms with E-state index in [1.54, 1.807) is 19.9 Å². The monoisotopic (exact) mass is 313 g/mol. The van der Waals surface area contributed by atoms with E-state index in [0.29, 0.717) is 0 Å². The predicted molar refractivity (Wildman–Crippen MR) is 87.5 cm³/mol. The largest absolute Gasteiger partial charge is 0.462 e. The van der Waals surface area contributed by atoms with Gasteiger partial charge in [-0.05, 0) is 27.8 Å². The van der Waals surface area contributed by atoms with Crippen LogP contribution in [0.5, 0.6) is 0 Å². The molecule has 3 atom stereocenters. The second-order valence-corrected chi connectivity index (χ2v) is 6.36. The maximum absolute atomic E-state index is 12.5. The summed E-state index contributed by atoms with van der Waals surface area (Å²) in [5, 5.41) is 10.6. The Kier molecular flexibility index (Phi) is 9.21. The summed E-state index contributed by atoms with van der Waals surface area (Å²) < 4.78 is 5.08. The first-order valence-electron chi connectivity index (χ1n) is 7.86. The molecule has 1 N–H and O–H groups in total. The van der Waals surface area contributed by atoms with Crippen molar-refractivity contribution in [3.05, 3.63) is 12.2 Å². The lowest BCUT2D eigenvalue weighted by Crippen LogP contribution is -2.53. The number of Topliss-reactive ketones (excluding diaryl/α,β-unsaturated/α-hetero) is 1. The fourth-order valence-corrected chi connectivity index (χ4v) is 2.08. The molecule has 0 spiro atoms. The SMILES string of the molecule is C/C=C/C(=O)OC[C@@H](C)[C@@H](O)[C@@H](C(=O)C(C)C)N(C)C(C)C. The van der Waals surface area contributed by atoms with Crippen molar-refractivity contribution >= 4 is 11.8 Å². The highest BCUT2D eigenvalue weighted by Crippen LogP contribution is 2.19. The quantitative estimate of drug-likeness (QED) is 0.521. The molecule has 0 aliphatic heterocycles. The molecule has 0 bridgehead atoms. The van der Waals surface area contributed by atoms with Gasteiger partial charge in [-0.1, -0.05) is 26.8 Å². The summed E-state index contributed by atoms with van der Waals surface area (Å²) in [6.07, 6.45) is 2.04. The first kappa shape index (κ1) is 20.8. The number of aliphatic hydroxyl groups is 1. The Morgan fingerprint density at radius 1 is 1.18 bits per heavy atom. The Labute approximate surface area is 134 Å². The third-order valence-electron chi connectivity index (χ3n) is 3.81. The molecule has 128 valence electrons. The molecule has 0 aromatic rings. The van der Waals surface area contributed by atoms with Gasteiger partial charge in [0.2, 0.25) is 0 Å². The van der Waals surface area contributed by atoms with Crippen LogP contribution in [0.3, 0.4) is 0 Å². The number of likely N-dealkylation sites (N-methyl/N-ethyl adjacent to an activating group) is 1. The highest BCUT2D eigenvalue weighted by Gasteiger charge is 2.36. The Morgan fingerprint density at radius 3 is 2.14 bits per heavy atom. The van der Waals surface area contributed by atoms with Crippen molar-refractivity contribution in [2.75, 3.05) is 13.7 Å². The van der Waals surface area contributed by atoms with Crippen molar-refractivity contribution < 1.29 is 19.4 Å². The average Bonchev–Trinajstić information content (AvgIpc) is 2.44. The maximum Gasteiger partial charge on any atom is 0.330 e. The van der Waals surface area contributed by atoms with Gasteiger partial charge in [0.05, 0.1) is 18.8 Å². The van der Waals surface area contributed by atoms with Gasteiger partial charge in [0.15, 0.2) is 5.78 Å². The van der Waals surface area contributed by atoms with Crippen LogP contribution in [0.1, 0.15) is 41.5 Å². The van der Waals surface area contributed by atoms with Crippen LogP contribution in [-0.2, 0) is 14.3 Å². The molecule has 0 fully saturated rings. The summed E-state index contributed by atoms with van der Waals surface area (Å²) in [6.45, 7) is 11.2. The van der Waals surface area contributed by atoms with Crippen molar-refractivity contribution in [3.63, 3.8) is 0 Å². The zero-order valence-corrected chi connectivity index (χ0v) is 14.9. The molecule has 5 heteroatoms. The summed E-state index contributed by atoms with van der Waals surface area (Å²) in [7, 11) is 1.83. The number of allylic oxidation sites excluding steroid dienone is 1. The fourth-order valence-electron chi connectivity index (χ4n) is 2.08. The molecule has 0 unspecified atom stereocenters. The zero-order chi connectivity index (χ0) is 17.4. The summed E-state index contributed by atoms with van der Waals surface area (Å²) in [4.78, 5) is 25.7. The summed E-state index contributed by atoms with van der Waals surface area (Å²) in [5.41, 5.74) is 0. The number of hydrogen-bond acceptors (Lipinski definition) is 5. The van der Waals surface area contributed by atoms with Crippen LogP contribution >= 0.6 is 0 Å². The van der Waals surface area contributed by atoms with E-state index in [4.69, 9.17) is 4.74 Å². The van der Waals surface area contributed by atoms with E-state index in [1.165, 1.54) is 6.08 Å². The van der Waals surface area contributed by atoms with Gasteiger partial charge < -0.3 is 9.84 Å². The number of carbonyl (C=O) groups excluding carboxylic acids is 2. The highest BCUT2D eigenvalue weighted by atomic mass is 16.5. The van der Waals surface area contributed by atoms with Gasteiger partial charge in [-0.15, -0.1) is 0 Å².